The molecule has 0 saturated heterocycles. The highest BCUT2D eigenvalue weighted by molar-refractivity contribution is 5.54. The van der Waals surface area contributed by atoms with Crippen LogP contribution in [-0.4, -0.2) is 78.9 Å². The lowest BCUT2D eigenvalue weighted by Gasteiger charge is -2.23. The first-order valence-electron chi connectivity index (χ1n) is 11.8. The van der Waals surface area contributed by atoms with E-state index in [1.165, 1.54) is 0 Å². The summed E-state index contributed by atoms with van der Waals surface area (Å²) in [6.45, 7) is 5.63. The topological polar surface area (TPSA) is 134 Å². The molecule has 0 spiro atoms. The largest absolute Gasteiger partial charge is 0.396 e. The van der Waals surface area contributed by atoms with Gasteiger partial charge in [0.2, 0.25) is 0 Å². The minimum atomic E-state index is -1.11. The van der Waals surface area contributed by atoms with Gasteiger partial charge in [0.05, 0.1) is 31.8 Å². The number of carbonyl (C=O) groups is 2. The van der Waals surface area contributed by atoms with Gasteiger partial charge >= 0.3 is 0 Å². The van der Waals surface area contributed by atoms with E-state index in [1.807, 2.05) is 20.8 Å². The quantitative estimate of drug-likeness (QED) is 0.215. The molecule has 8 heteroatoms. The van der Waals surface area contributed by atoms with Crippen molar-refractivity contribution in [1.29, 1.82) is 0 Å². The molecule has 4 N–H and O–H groups in total. The maximum absolute atomic E-state index is 10.1. The lowest BCUT2D eigenvalue weighted by molar-refractivity contribution is -0.123. The van der Waals surface area contributed by atoms with Crippen LogP contribution in [0.1, 0.15) is 59.3 Å². The molecular formula is C25H46O8. The molecule has 0 bridgehead atoms. The molecule has 0 heterocycles. The first kappa shape index (κ1) is 33.8. The first-order valence-corrected chi connectivity index (χ1v) is 11.8. The van der Waals surface area contributed by atoms with Crippen molar-refractivity contribution in [1.82, 2.24) is 0 Å². The van der Waals surface area contributed by atoms with Gasteiger partial charge in [-0.3, -0.25) is 0 Å². The SMILES string of the molecule is CCOC(C)OCC.O=CC1CC=CCC1.O=CC1CC=CCC1.OCC(CO)(CO)CO. The molecule has 0 radical (unpaired) electrons. The summed E-state index contributed by atoms with van der Waals surface area (Å²) in [5, 5.41) is 34.0. The van der Waals surface area contributed by atoms with Crippen molar-refractivity contribution < 1.29 is 39.5 Å². The number of hydrogen-bond acceptors (Lipinski definition) is 8. The van der Waals surface area contributed by atoms with Crippen LogP contribution in [0.3, 0.4) is 0 Å². The summed E-state index contributed by atoms with van der Waals surface area (Å²) in [5.74, 6) is 0.639. The van der Waals surface area contributed by atoms with Crippen LogP contribution in [0.4, 0.5) is 0 Å². The zero-order valence-corrected chi connectivity index (χ0v) is 20.6. The average molecular weight is 475 g/mol. The zero-order chi connectivity index (χ0) is 25.4. The van der Waals surface area contributed by atoms with Gasteiger partial charge < -0.3 is 39.5 Å². The van der Waals surface area contributed by atoms with Gasteiger partial charge in [-0.05, 0) is 59.3 Å². The molecule has 0 aliphatic heterocycles. The minimum Gasteiger partial charge on any atom is -0.396 e. The molecule has 0 fully saturated rings. The fourth-order valence-corrected chi connectivity index (χ4v) is 2.70. The minimum absolute atomic E-state index is 0.0370. The second kappa shape index (κ2) is 23.7. The van der Waals surface area contributed by atoms with E-state index < -0.39 is 31.8 Å². The van der Waals surface area contributed by atoms with Gasteiger partial charge in [-0.2, -0.15) is 0 Å². The van der Waals surface area contributed by atoms with Crippen molar-refractivity contribution in [2.24, 2.45) is 17.3 Å². The Labute approximate surface area is 199 Å². The predicted octanol–water partition coefficient (Wildman–Crippen LogP) is 2.43. The number of carbonyl (C=O) groups excluding carboxylic acids is 2. The summed E-state index contributed by atoms with van der Waals surface area (Å²) >= 11 is 0. The van der Waals surface area contributed by atoms with Gasteiger partial charge in [-0.15, -0.1) is 0 Å². The third kappa shape index (κ3) is 18.7. The van der Waals surface area contributed by atoms with Gasteiger partial charge in [0.25, 0.3) is 0 Å². The first-order chi connectivity index (χ1) is 15.9. The summed E-state index contributed by atoms with van der Waals surface area (Å²) in [6.07, 6.45) is 16.7. The number of rotatable bonds is 10. The second-order valence-electron chi connectivity index (χ2n) is 7.97. The standard InChI is InChI=1S/2C7H10O.C6H14O2.C5H12O4/c2*8-6-7-4-2-1-3-5-7;1-4-7-6(3)8-5-2;6-1-5(2-7,3-8)4-9/h2*1-2,6-7H,3-5H2;6H,4-5H2,1-3H3;6-9H,1-4H2. The third-order valence-electron chi connectivity index (χ3n) is 5.15. The van der Waals surface area contributed by atoms with Crippen molar-refractivity contribution in [3.8, 4) is 0 Å². The van der Waals surface area contributed by atoms with Crippen LogP contribution >= 0.6 is 0 Å². The average Bonchev–Trinajstić information content (AvgIpc) is 2.88. The summed E-state index contributed by atoms with van der Waals surface area (Å²) in [4.78, 5) is 20.3. The van der Waals surface area contributed by atoms with Gasteiger partial charge in [0.15, 0.2) is 6.29 Å². The van der Waals surface area contributed by atoms with Crippen molar-refractivity contribution >= 4 is 12.6 Å². The van der Waals surface area contributed by atoms with Crippen LogP contribution < -0.4 is 0 Å². The summed E-state index contributed by atoms with van der Waals surface area (Å²) in [7, 11) is 0. The third-order valence-corrected chi connectivity index (χ3v) is 5.15. The molecule has 0 aromatic rings. The summed E-state index contributed by atoms with van der Waals surface area (Å²) in [5.41, 5.74) is -1.11. The van der Waals surface area contributed by atoms with Crippen LogP contribution in [0.15, 0.2) is 24.3 Å². The highest BCUT2D eigenvalue weighted by atomic mass is 16.7. The molecule has 194 valence electrons. The molecule has 2 atom stereocenters. The maximum Gasteiger partial charge on any atom is 0.154 e. The Kier molecular flexibility index (Phi) is 24.3. The molecule has 2 rings (SSSR count). The molecule has 8 nitrogen and oxygen atoms in total. The van der Waals surface area contributed by atoms with Crippen molar-refractivity contribution in [2.45, 2.75) is 65.6 Å². The Hall–Kier alpha value is -1.42. The van der Waals surface area contributed by atoms with E-state index in [0.717, 1.165) is 64.3 Å². The molecule has 0 saturated carbocycles. The van der Waals surface area contributed by atoms with Gasteiger partial charge in [-0.1, -0.05) is 24.3 Å². The number of hydrogen-bond donors (Lipinski definition) is 4. The van der Waals surface area contributed by atoms with E-state index in [-0.39, 0.29) is 6.29 Å². The Morgan fingerprint density at radius 3 is 1.30 bits per heavy atom. The number of aldehydes is 2. The van der Waals surface area contributed by atoms with Gasteiger partial charge in [0.1, 0.15) is 12.6 Å². The number of allylic oxidation sites excluding steroid dienone is 4. The van der Waals surface area contributed by atoms with Crippen LogP contribution in [0.25, 0.3) is 0 Å². The predicted molar refractivity (Wildman–Crippen MR) is 129 cm³/mol. The zero-order valence-electron chi connectivity index (χ0n) is 20.6. The highest BCUT2D eigenvalue weighted by Gasteiger charge is 2.26. The van der Waals surface area contributed by atoms with Crippen molar-refractivity contribution in [3.05, 3.63) is 24.3 Å². The monoisotopic (exact) mass is 474 g/mol. The second-order valence-corrected chi connectivity index (χ2v) is 7.97. The molecule has 0 aromatic heterocycles. The normalized spacial score (nSPS) is 19.3. The van der Waals surface area contributed by atoms with Crippen LogP contribution in [0.5, 0.6) is 0 Å². The smallest absolute Gasteiger partial charge is 0.154 e. The van der Waals surface area contributed by atoms with E-state index >= 15 is 0 Å². The summed E-state index contributed by atoms with van der Waals surface area (Å²) < 4.78 is 10.1. The van der Waals surface area contributed by atoms with Crippen LogP contribution in [0.2, 0.25) is 0 Å². The Morgan fingerprint density at radius 1 is 0.788 bits per heavy atom. The number of ether oxygens (including phenoxy) is 2. The molecular weight excluding hydrogens is 428 g/mol. The van der Waals surface area contributed by atoms with Crippen LogP contribution in [0, 0.1) is 17.3 Å². The van der Waals surface area contributed by atoms with Gasteiger partial charge in [0, 0.05) is 25.0 Å². The Balaban J connectivity index is 0. The lowest BCUT2D eigenvalue weighted by Crippen LogP contribution is -2.37. The Bertz CT molecular complexity index is 451. The van der Waals surface area contributed by atoms with E-state index in [4.69, 9.17) is 29.9 Å². The number of aliphatic hydroxyl groups is 4. The Morgan fingerprint density at radius 2 is 1.15 bits per heavy atom. The molecule has 2 aliphatic carbocycles. The van der Waals surface area contributed by atoms with E-state index in [9.17, 15) is 9.59 Å². The highest BCUT2D eigenvalue weighted by Crippen LogP contribution is 2.15. The molecule has 0 amide bonds. The molecule has 0 aromatic carbocycles. The summed E-state index contributed by atoms with van der Waals surface area (Å²) in [6, 6.07) is 0. The van der Waals surface area contributed by atoms with E-state index in [0.29, 0.717) is 11.8 Å². The molecule has 2 aliphatic rings. The van der Waals surface area contributed by atoms with E-state index in [1.54, 1.807) is 0 Å². The molecule has 2 unspecified atom stereocenters. The van der Waals surface area contributed by atoms with E-state index in [2.05, 4.69) is 24.3 Å². The lowest BCUT2D eigenvalue weighted by atomic mass is 9.93. The maximum atomic E-state index is 10.1. The fraction of sp³-hybridized carbons (Fsp3) is 0.760. The van der Waals surface area contributed by atoms with Crippen molar-refractivity contribution in [2.75, 3.05) is 39.6 Å². The van der Waals surface area contributed by atoms with Crippen molar-refractivity contribution in [3.63, 3.8) is 0 Å². The number of aliphatic hydroxyl groups excluding tert-OH is 4. The molecule has 33 heavy (non-hydrogen) atoms. The fourth-order valence-electron chi connectivity index (χ4n) is 2.70. The van der Waals surface area contributed by atoms with Crippen LogP contribution in [-0.2, 0) is 19.1 Å². The van der Waals surface area contributed by atoms with Gasteiger partial charge in [-0.25, -0.2) is 0 Å².